The van der Waals surface area contributed by atoms with E-state index in [2.05, 4.69) is 48.9 Å². The highest BCUT2D eigenvalue weighted by Gasteiger charge is 2.36. The quantitative estimate of drug-likeness (QED) is 0.0758. The molecule has 23 heteroatoms. The number of likely N-dealkylation sites (tertiary alicyclic amines) is 2. The van der Waals surface area contributed by atoms with Crippen LogP contribution in [0.2, 0.25) is 0 Å². The zero-order chi connectivity index (χ0) is 64.9. The molecule has 5 N–H and O–H groups in total. The molecular weight excluding hydrogens is 1170 g/mol. The second-order valence-corrected chi connectivity index (χ2v) is 23.9. The van der Waals surface area contributed by atoms with Crippen LogP contribution in [0.5, 0.6) is 23.0 Å². The predicted molar refractivity (Wildman–Crippen MR) is 349 cm³/mol. The summed E-state index contributed by atoms with van der Waals surface area (Å²) in [5.74, 6) is 2.49. The van der Waals surface area contributed by atoms with Crippen molar-refractivity contribution in [2.75, 3.05) is 91.3 Å². The van der Waals surface area contributed by atoms with E-state index >= 15 is 0 Å². The molecule has 4 aliphatic heterocycles. The molecule has 4 fully saturated rings. The van der Waals surface area contributed by atoms with Gasteiger partial charge in [-0.05, 0) is 120 Å². The van der Waals surface area contributed by atoms with Crippen molar-refractivity contribution in [3.8, 4) is 57.4 Å². The molecule has 4 aromatic heterocycles. The molecule has 0 aliphatic carbocycles. The average Bonchev–Trinajstić information content (AvgIpc) is 1.60. The van der Waals surface area contributed by atoms with E-state index in [1.807, 2.05) is 157 Å². The second kappa shape index (κ2) is 29.6. The van der Waals surface area contributed by atoms with E-state index in [1.54, 1.807) is 17.1 Å². The largest absolute Gasteiger partial charge is 0.478 e. The van der Waals surface area contributed by atoms with Gasteiger partial charge in [-0.2, -0.15) is 10.5 Å². The molecule has 4 saturated heterocycles. The number of rotatable bonds is 16. The Balaban J connectivity index is 0.000000170. The number of nitrogens with two attached hydrogens (primary N) is 2. The highest BCUT2D eigenvalue weighted by Crippen LogP contribution is 2.43. The summed E-state index contributed by atoms with van der Waals surface area (Å²) in [6.07, 6.45) is 12.3. The maximum absolute atomic E-state index is 13.1. The minimum absolute atomic E-state index is 0.0353. The van der Waals surface area contributed by atoms with Crippen LogP contribution < -0.4 is 20.9 Å². The molecule has 0 radical (unpaired) electrons. The monoisotopic (exact) mass is 1240 g/mol. The number of carbonyl (C=O) groups is 3. The molecule has 92 heavy (non-hydrogen) atoms. The molecule has 12 rings (SSSR count). The van der Waals surface area contributed by atoms with E-state index in [4.69, 9.17) is 40.3 Å². The molecule has 8 heterocycles. The minimum atomic E-state index is -0.893. The third-order valence-electron chi connectivity index (χ3n) is 16.5. The van der Waals surface area contributed by atoms with Crippen molar-refractivity contribution in [1.82, 2.24) is 48.7 Å². The van der Waals surface area contributed by atoms with Gasteiger partial charge in [0.1, 0.15) is 87.7 Å². The molecule has 0 saturated carbocycles. The number of carboxylic acid groups (broad SMARTS) is 1. The van der Waals surface area contributed by atoms with Crippen molar-refractivity contribution >= 4 is 51.7 Å². The number of hydrogen-bond donors (Lipinski definition) is 3. The van der Waals surface area contributed by atoms with Gasteiger partial charge in [0.05, 0.1) is 36.1 Å². The third kappa shape index (κ3) is 15.5. The first-order chi connectivity index (χ1) is 44.5. The van der Waals surface area contributed by atoms with Crippen LogP contribution in [0, 0.1) is 22.7 Å². The van der Waals surface area contributed by atoms with Gasteiger partial charge in [-0.25, -0.2) is 29.5 Å². The molecule has 8 aromatic rings. The maximum Gasteiger partial charge on any atom is 0.410 e. The summed E-state index contributed by atoms with van der Waals surface area (Å²) < 4.78 is 31.9. The van der Waals surface area contributed by atoms with E-state index < -0.39 is 11.6 Å². The van der Waals surface area contributed by atoms with Crippen LogP contribution in [-0.4, -0.2) is 169 Å². The average molecular weight is 1250 g/mol. The number of carbonyl (C=O) groups excluding carboxylic acids is 2. The van der Waals surface area contributed by atoms with Gasteiger partial charge in [-0.1, -0.05) is 72.8 Å². The molecule has 4 aliphatic rings. The van der Waals surface area contributed by atoms with Crippen LogP contribution >= 0.6 is 0 Å². The summed E-state index contributed by atoms with van der Waals surface area (Å²) in [6, 6.07) is 39.4. The number of hydrogen-bond acceptors (Lipinski definition) is 18. The van der Waals surface area contributed by atoms with Crippen molar-refractivity contribution in [2.45, 2.75) is 76.2 Å². The zero-order valence-corrected chi connectivity index (χ0v) is 52.3. The highest BCUT2D eigenvalue weighted by atomic mass is 16.6. The molecule has 476 valence electrons. The normalized spacial score (nSPS) is 18.1. The van der Waals surface area contributed by atoms with Crippen molar-refractivity contribution < 1.29 is 43.2 Å². The lowest BCUT2D eigenvalue weighted by atomic mass is 10.0. The Hall–Kier alpha value is -10.2. The summed E-state index contributed by atoms with van der Waals surface area (Å²) in [5, 5.41) is 30.3. The Morgan fingerprint density at radius 1 is 0.620 bits per heavy atom. The number of benzene rings is 4. The number of carboxylic acids is 1. The summed E-state index contributed by atoms with van der Waals surface area (Å²) in [5.41, 5.74) is 17.1. The van der Waals surface area contributed by atoms with E-state index in [1.165, 1.54) is 18.7 Å². The van der Waals surface area contributed by atoms with Crippen LogP contribution in [0.15, 0.2) is 146 Å². The second-order valence-electron chi connectivity index (χ2n) is 23.9. The van der Waals surface area contributed by atoms with Crippen LogP contribution in [0.1, 0.15) is 69.9 Å². The molecule has 4 aromatic carbocycles. The highest BCUT2D eigenvalue weighted by molar-refractivity contribution is 6.04. The van der Waals surface area contributed by atoms with Crippen molar-refractivity contribution in [3.63, 3.8) is 0 Å². The minimum Gasteiger partial charge on any atom is -0.478 e. The van der Waals surface area contributed by atoms with Gasteiger partial charge in [0.15, 0.2) is 0 Å². The Morgan fingerprint density at radius 2 is 1.04 bits per heavy atom. The fraction of sp³-hybridized carbons (Fsp3) is 0.348. The maximum atomic E-state index is 13.1. The number of likely N-dealkylation sites (N-methyl/N-ethyl adjacent to an activating group) is 2. The Labute approximate surface area is 534 Å². The molecule has 23 nitrogen and oxygen atoms in total. The topological polar surface area (TPSA) is 292 Å². The molecule has 0 unspecified atom stereocenters. The fourth-order valence-electron chi connectivity index (χ4n) is 11.8. The number of nitrogens with zero attached hydrogens (tertiary/aromatic N) is 12. The smallest absolute Gasteiger partial charge is 0.410 e. The summed E-state index contributed by atoms with van der Waals surface area (Å²) in [7, 11) is 4.03. The van der Waals surface area contributed by atoms with Crippen LogP contribution in [-0.2, 0) is 23.8 Å². The van der Waals surface area contributed by atoms with Crippen molar-refractivity contribution in [3.05, 3.63) is 158 Å². The number of nitrogen functional groups attached to an aromatic ring is 2. The SMILES string of the molecule is CC(C)(C)OC(=O)N1CC[C@@H](n2c(C#N)c(-c3ccc(Oc4ccccc4)cc3)c3c(N)ncnc32)C1.CN(C/C=C/C(=O)N1CC[C@@H](n2c(C#N)c(-c3ccc(Oc4ccccc4)cc3)c3c(N)ncnc32)C1)[C@H]1CCOC1.CN(C/C=C/C(=O)O)[C@H]1CCOC1. The van der Waals surface area contributed by atoms with Gasteiger partial charge in [0.2, 0.25) is 5.91 Å². The summed E-state index contributed by atoms with van der Waals surface area (Å²) in [4.78, 5) is 61.2. The lowest BCUT2D eigenvalue weighted by Crippen LogP contribution is -2.35. The number of anilines is 2. The predicted octanol–water partition coefficient (Wildman–Crippen LogP) is 10.3. The lowest BCUT2D eigenvalue weighted by Gasteiger charge is -2.24. The zero-order valence-electron chi connectivity index (χ0n) is 52.3. The first-order valence-electron chi connectivity index (χ1n) is 30.6. The first-order valence-corrected chi connectivity index (χ1v) is 30.6. The molecule has 0 spiro atoms. The number of aromatic nitrogens is 6. The van der Waals surface area contributed by atoms with Crippen molar-refractivity contribution in [2.24, 2.45) is 0 Å². The number of fused-ring (bicyclic) bond motifs is 2. The van der Waals surface area contributed by atoms with Crippen LogP contribution in [0.4, 0.5) is 16.4 Å². The number of amides is 2. The molecule has 2 amide bonds. The number of aliphatic carboxylic acids is 1. The van der Waals surface area contributed by atoms with E-state index in [-0.39, 0.29) is 24.1 Å². The van der Waals surface area contributed by atoms with E-state index in [0.29, 0.717) is 132 Å². The number of nitriles is 2. The standard InChI is InChI=1S/C32H33N7O3.C28H28N6O3.C9H15NO3/c1-37(24-14-17-41-20-24)15-5-8-28(40)38-16-13-23(19-38)39-27(18-33)29(30-31(34)35-21-36-32(30)39)22-9-11-26(12-10-22)42-25-6-3-2-4-7-25;1-28(2,3)37-27(35)33-14-13-19(16-33)34-22(15-29)23(24-25(30)31-17-32-26(24)34)18-9-11-21(12-10-18)36-20-7-5-4-6-8-20;1-10(5-2-3-9(11)12)8-4-6-13-7-8/h2-12,21,23-24H,13-17,19-20H2,1H3,(H2,34,35,36);4-12,17,19H,13-14,16H2,1-3H3,(H2,30,31,32);2-3,8H,4-7H2,1H3,(H,11,12)/b8-5+;;3-2+/t23-,24+;19-;8-/m110/s1. The van der Waals surface area contributed by atoms with E-state index in [9.17, 15) is 24.9 Å². The number of ether oxygens (including phenoxy) is 5. The van der Waals surface area contributed by atoms with Crippen LogP contribution in [0.3, 0.4) is 0 Å². The van der Waals surface area contributed by atoms with Gasteiger partial charge >= 0.3 is 12.1 Å². The Morgan fingerprint density at radius 3 is 1.46 bits per heavy atom. The van der Waals surface area contributed by atoms with Gasteiger partial charge in [-0.15, -0.1) is 0 Å². The van der Waals surface area contributed by atoms with E-state index in [0.717, 1.165) is 61.9 Å². The number of para-hydroxylation sites is 2. The Kier molecular flexibility index (Phi) is 20.9. The molecule has 0 bridgehead atoms. The first kappa shape index (κ1) is 64.8. The summed E-state index contributed by atoms with van der Waals surface area (Å²) in [6.45, 7) is 12.0. The molecule has 4 atom stereocenters. The third-order valence-corrected chi connectivity index (χ3v) is 16.5. The van der Waals surface area contributed by atoms with Gasteiger partial charge in [-0.3, -0.25) is 14.6 Å². The van der Waals surface area contributed by atoms with Gasteiger partial charge in [0.25, 0.3) is 0 Å². The fourth-order valence-corrected chi connectivity index (χ4v) is 11.8. The Bertz CT molecular complexity index is 4010. The van der Waals surface area contributed by atoms with Crippen LogP contribution in [0.25, 0.3) is 44.3 Å². The van der Waals surface area contributed by atoms with Gasteiger partial charge < -0.3 is 59.2 Å². The summed E-state index contributed by atoms with van der Waals surface area (Å²) >= 11 is 0. The molecular formula is C69H76N14O9. The lowest BCUT2D eigenvalue weighted by molar-refractivity contribution is -0.131. The van der Waals surface area contributed by atoms with Crippen molar-refractivity contribution in [1.29, 1.82) is 10.5 Å². The van der Waals surface area contributed by atoms with Gasteiger partial charge in [0, 0.05) is 87.8 Å².